The second kappa shape index (κ2) is 5.66. The van der Waals surface area contributed by atoms with Gasteiger partial charge >= 0.3 is 6.18 Å². The predicted octanol–water partition coefficient (Wildman–Crippen LogP) is 4.81. The Morgan fingerprint density at radius 3 is 2.50 bits per heavy atom. The molecular weight excluding hydrogens is 350 g/mol. The number of alkyl halides is 3. The summed E-state index contributed by atoms with van der Waals surface area (Å²) in [6, 6.07) is 6.30. The average molecular weight is 360 g/mol. The summed E-state index contributed by atoms with van der Waals surface area (Å²) >= 11 is 5.53. The molecule has 1 aliphatic rings. The van der Waals surface area contributed by atoms with Crippen molar-refractivity contribution in [2.45, 2.75) is 12.6 Å². The largest absolute Gasteiger partial charge is 0.457 e. The molecule has 0 bridgehead atoms. The van der Waals surface area contributed by atoms with E-state index in [0.29, 0.717) is 6.07 Å². The van der Waals surface area contributed by atoms with E-state index in [1.54, 1.807) is 19.2 Å². The van der Waals surface area contributed by atoms with Crippen LogP contribution in [0.1, 0.15) is 11.1 Å². The van der Waals surface area contributed by atoms with Gasteiger partial charge in [0.15, 0.2) is 0 Å². The minimum atomic E-state index is -4.89. The van der Waals surface area contributed by atoms with Crippen molar-refractivity contribution in [1.82, 2.24) is 0 Å². The molecule has 0 fully saturated rings. The van der Waals surface area contributed by atoms with Crippen LogP contribution in [0.3, 0.4) is 0 Å². The standard InChI is InChI=1S/C16H10ClF4NO2/c1-22-13-3-2-9(4-8(13)5-14(22)23)24-10-6-11(17)15(12(18)7-10)16(19,20)21/h2-4,6-7H,5H2,1H3. The Labute approximate surface area is 139 Å². The van der Waals surface area contributed by atoms with E-state index in [1.165, 1.54) is 11.0 Å². The summed E-state index contributed by atoms with van der Waals surface area (Å²) in [7, 11) is 1.64. The Morgan fingerprint density at radius 1 is 1.17 bits per heavy atom. The number of likely N-dealkylation sites (N-methyl/N-ethyl adjacent to an activating group) is 1. The fraction of sp³-hybridized carbons (Fsp3) is 0.188. The molecule has 0 aliphatic carbocycles. The normalized spacial score (nSPS) is 14.1. The van der Waals surface area contributed by atoms with E-state index in [2.05, 4.69) is 0 Å². The molecule has 3 rings (SSSR count). The monoisotopic (exact) mass is 359 g/mol. The molecule has 1 aliphatic heterocycles. The van der Waals surface area contributed by atoms with Gasteiger partial charge in [0, 0.05) is 24.9 Å². The first-order valence-electron chi connectivity index (χ1n) is 6.80. The number of amides is 1. The SMILES string of the molecule is CN1C(=O)Cc2cc(Oc3cc(F)c(C(F)(F)F)c(Cl)c3)ccc21. The fourth-order valence-corrected chi connectivity index (χ4v) is 2.83. The summed E-state index contributed by atoms with van der Waals surface area (Å²) < 4.78 is 57.1. The molecule has 0 saturated carbocycles. The van der Waals surface area contributed by atoms with Crippen LogP contribution in [0.2, 0.25) is 5.02 Å². The molecule has 0 aromatic heterocycles. The molecule has 3 nitrogen and oxygen atoms in total. The summed E-state index contributed by atoms with van der Waals surface area (Å²) in [6.07, 6.45) is -4.69. The Kier molecular flexibility index (Phi) is 3.91. The molecule has 0 saturated heterocycles. The Balaban J connectivity index is 1.91. The van der Waals surface area contributed by atoms with Crippen molar-refractivity contribution < 1.29 is 27.1 Å². The van der Waals surface area contributed by atoms with E-state index in [-0.39, 0.29) is 23.8 Å². The van der Waals surface area contributed by atoms with Crippen LogP contribution in [0, 0.1) is 5.82 Å². The van der Waals surface area contributed by atoms with E-state index in [4.69, 9.17) is 16.3 Å². The van der Waals surface area contributed by atoms with E-state index < -0.39 is 22.6 Å². The topological polar surface area (TPSA) is 29.5 Å². The van der Waals surface area contributed by atoms with Crippen LogP contribution in [-0.4, -0.2) is 13.0 Å². The molecule has 0 radical (unpaired) electrons. The van der Waals surface area contributed by atoms with Gasteiger partial charge in [0.05, 0.1) is 11.4 Å². The maximum atomic E-state index is 13.7. The average Bonchev–Trinajstić information content (AvgIpc) is 2.71. The lowest BCUT2D eigenvalue weighted by molar-refractivity contribution is -0.139. The number of fused-ring (bicyclic) bond motifs is 1. The lowest BCUT2D eigenvalue weighted by Gasteiger charge is -2.13. The first-order chi connectivity index (χ1) is 11.2. The van der Waals surface area contributed by atoms with Crippen LogP contribution in [-0.2, 0) is 17.4 Å². The van der Waals surface area contributed by atoms with Crippen LogP contribution in [0.25, 0.3) is 0 Å². The summed E-state index contributed by atoms with van der Waals surface area (Å²) in [5.74, 6) is -1.48. The number of carbonyl (C=O) groups excluding carboxylic acids is 1. The Bertz CT molecular complexity index is 812. The Hall–Kier alpha value is -2.28. The van der Waals surface area contributed by atoms with Gasteiger partial charge in [0.1, 0.15) is 22.9 Å². The second-order valence-corrected chi connectivity index (χ2v) is 5.69. The van der Waals surface area contributed by atoms with Crippen molar-refractivity contribution in [2.24, 2.45) is 0 Å². The molecule has 2 aromatic carbocycles. The Morgan fingerprint density at radius 2 is 1.88 bits per heavy atom. The van der Waals surface area contributed by atoms with E-state index >= 15 is 0 Å². The number of benzene rings is 2. The highest BCUT2D eigenvalue weighted by molar-refractivity contribution is 6.31. The van der Waals surface area contributed by atoms with Gasteiger partial charge in [0.2, 0.25) is 5.91 Å². The summed E-state index contributed by atoms with van der Waals surface area (Å²) in [6.45, 7) is 0. The van der Waals surface area contributed by atoms with Crippen LogP contribution >= 0.6 is 11.6 Å². The number of halogens is 5. The first-order valence-corrected chi connectivity index (χ1v) is 7.18. The number of hydrogen-bond donors (Lipinski definition) is 0. The molecule has 2 aromatic rings. The van der Waals surface area contributed by atoms with Crippen LogP contribution < -0.4 is 9.64 Å². The molecule has 1 amide bonds. The van der Waals surface area contributed by atoms with Gasteiger partial charge in [-0.2, -0.15) is 13.2 Å². The van der Waals surface area contributed by atoms with Crippen molar-refractivity contribution in [3.63, 3.8) is 0 Å². The second-order valence-electron chi connectivity index (χ2n) is 5.28. The minimum Gasteiger partial charge on any atom is -0.457 e. The van der Waals surface area contributed by atoms with Crippen molar-refractivity contribution >= 4 is 23.2 Å². The van der Waals surface area contributed by atoms with Crippen LogP contribution in [0.5, 0.6) is 11.5 Å². The lowest BCUT2D eigenvalue weighted by Crippen LogP contribution is -2.20. The van der Waals surface area contributed by atoms with Crippen molar-refractivity contribution in [3.8, 4) is 11.5 Å². The number of hydrogen-bond acceptors (Lipinski definition) is 2. The summed E-state index contributed by atoms with van der Waals surface area (Å²) in [4.78, 5) is 13.1. The minimum absolute atomic E-state index is 0.0780. The quantitative estimate of drug-likeness (QED) is 0.720. The number of nitrogens with zero attached hydrogens (tertiary/aromatic N) is 1. The number of ether oxygens (including phenoxy) is 1. The predicted molar refractivity (Wildman–Crippen MR) is 80.0 cm³/mol. The molecule has 0 spiro atoms. The number of anilines is 1. The zero-order valence-corrected chi connectivity index (χ0v) is 13.0. The highest BCUT2D eigenvalue weighted by Crippen LogP contribution is 2.40. The molecule has 0 atom stereocenters. The van der Waals surface area contributed by atoms with Gasteiger partial charge in [-0.1, -0.05) is 11.6 Å². The molecule has 126 valence electrons. The zero-order chi connectivity index (χ0) is 17.6. The molecule has 0 unspecified atom stereocenters. The van der Waals surface area contributed by atoms with Crippen molar-refractivity contribution in [2.75, 3.05) is 11.9 Å². The van der Waals surface area contributed by atoms with Gasteiger partial charge in [0.25, 0.3) is 0 Å². The molecule has 24 heavy (non-hydrogen) atoms. The maximum Gasteiger partial charge on any atom is 0.420 e. The molecule has 1 heterocycles. The third-order valence-electron chi connectivity index (χ3n) is 3.66. The third-order valence-corrected chi connectivity index (χ3v) is 3.96. The fourth-order valence-electron chi connectivity index (χ4n) is 2.53. The van der Waals surface area contributed by atoms with Gasteiger partial charge in [-0.05, 0) is 23.8 Å². The maximum absolute atomic E-state index is 13.7. The molecular formula is C16H10ClF4NO2. The van der Waals surface area contributed by atoms with Crippen molar-refractivity contribution in [3.05, 3.63) is 52.3 Å². The summed E-state index contributed by atoms with van der Waals surface area (Å²) in [5, 5.41) is -0.784. The van der Waals surface area contributed by atoms with Gasteiger partial charge < -0.3 is 9.64 Å². The molecule has 0 N–H and O–H groups in total. The highest BCUT2D eigenvalue weighted by Gasteiger charge is 2.37. The van der Waals surface area contributed by atoms with Crippen LogP contribution in [0.4, 0.5) is 23.2 Å². The van der Waals surface area contributed by atoms with Gasteiger partial charge in [-0.25, -0.2) is 4.39 Å². The summed E-state index contributed by atoms with van der Waals surface area (Å²) in [5.41, 5.74) is -0.0832. The smallest absolute Gasteiger partial charge is 0.420 e. The van der Waals surface area contributed by atoms with E-state index in [9.17, 15) is 22.4 Å². The number of rotatable bonds is 2. The third kappa shape index (κ3) is 2.91. The van der Waals surface area contributed by atoms with Gasteiger partial charge in [-0.15, -0.1) is 0 Å². The van der Waals surface area contributed by atoms with Crippen molar-refractivity contribution in [1.29, 1.82) is 0 Å². The first kappa shape index (κ1) is 16.6. The van der Waals surface area contributed by atoms with Crippen LogP contribution in [0.15, 0.2) is 30.3 Å². The number of carbonyl (C=O) groups is 1. The van der Waals surface area contributed by atoms with E-state index in [0.717, 1.165) is 17.3 Å². The van der Waals surface area contributed by atoms with Gasteiger partial charge in [-0.3, -0.25) is 4.79 Å². The molecule has 8 heteroatoms. The zero-order valence-electron chi connectivity index (χ0n) is 12.2. The van der Waals surface area contributed by atoms with E-state index in [1.807, 2.05) is 0 Å². The lowest BCUT2D eigenvalue weighted by atomic mass is 10.1. The highest BCUT2D eigenvalue weighted by atomic mass is 35.5.